The number of ether oxygens (including phenoxy) is 2. The van der Waals surface area contributed by atoms with Crippen molar-refractivity contribution in [2.75, 3.05) is 14.2 Å². The largest absolute Gasteiger partial charge is 0.497 e. The fourth-order valence-electron chi connectivity index (χ4n) is 2.26. The SMILES string of the molecule is COc1ccc(-c2nccc3cc(OC)ccc23)cc1. The summed E-state index contributed by atoms with van der Waals surface area (Å²) in [6.45, 7) is 0. The third-order valence-electron chi connectivity index (χ3n) is 3.34. The van der Waals surface area contributed by atoms with Crippen LogP contribution < -0.4 is 9.47 Å². The van der Waals surface area contributed by atoms with Crippen molar-refractivity contribution in [3.8, 4) is 22.8 Å². The minimum atomic E-state index is 0.843. The third-order valence-corrected chi connectivity index (χ3v) is 3.34. The number of benzene rings is 2. The molecule has 3 rings (SSSR count). The van der Waals surface area contributed by atoms with Crippen LogP contribution in [0.1, 0.15) is 0 Å². The summed E-state index contributed by atoms with van der Waals surface area (Å²) >= 11 is 0. The summed E-state index contributed by atoms with van der Waals surface area (Å²) in [7, 11) is 3.34. The van der Waals surface area contributed by atoms with Crippen LogP contribution in [-0.4, -0.2) is 19.2 Å². The van der Waals surface area contributed by atoms with Crippen molar-refractivity contribution >= 4 is 10.8 Å². The molecule has 0 bridgehead atoms. The van der Waals surface area contributed by atoms with Crippen LogP contribution in [0.3, 0.4) is 0 Å². The summed E-state index contributed by atoms with van der Waals surface area (Å²) < 4.78 is 10.4. The molecule has 0 amide bonds. The Kier molecular flexibility index (Phi) is 3.25. The number of hydrogen-bond donors (Lipinski definition) is 0. The summed E-state index contributed by atoms with van der Waals surface area (Å²) in [5, 5.41) is 2.23. The lowest BCUT2D eigenvalue weighted by molar-refractivity contribution is 0.415. The van der Waals surface area contributed by atoms with Crippen LogP contribution in [0.4, 0.5) is 0 Å². The third kappa shape index (κ3) is 2.18. The molecule has 0 atom stereocenters. The topological polar surface area (TPSA) is 31.4 Å². The summed E-state index contributed by atoms with van der Waals surface area (Å²) in [5.74, 6) is 1.69. The van der Waals surface area contributed by atoms with Crippen molar-refractivity contribution in [2.45, 2.75) is 0 Å². The average Bonchev–Trinajstić information content (AvgIpc) is 2.54. The molecule has 1 aromatic heterocycles. The molecule has 0 fully saturated rings. The molecule has 2 aromatic carbocycles. The van der Waals surface area contributed by atoms with Crippen molar-refractivity contribution in [1.82, 2.24) is 4.98 Å². The molecule has 0 aliphatic heterocycles. The fraction of sp³-hybridized carbons (Fsp3) is 0.118. The quantitative estimate of drug-likeness (QED) is 0.719. The second-order valence-corrected chi connectivity index (χ2v) is 4.48. The Hall–Kier alpha value is -2.55. The number of fused-ring (bicyclic) bond motifs is 1. The Morgan fingerprint density at radius 3 is 2.20 bits per heavy atom. The lowest BCUT2D eigenvalue weighted by Crippen LogP contribution is -1.88. The molecule has 3 aromatic rings. The molecule has 100 valence electrons. The van der Waals surface area contributed by atoms with Crippen LogP contribution in [0.15, 0.2) is 54.7 Å². The zero-order valence-electron chi connectivity index (χ0n) is 11.5. The molecule has 3 heteroatoms. The predicted molar refractivity (Wildman–Crippen MR) is 80.3 cm³/mol. The monoisotopic (exact) mass is 265 g/mol. The minimum absolute atomic E-state index is 0.843. The van der Waals surface area contributed by atoms with Crippen LogP contribution in [0, 0.1) is 0 Å². The van der Waals surface area contributed by atoms with E-state index in [0.29, 0.717) is 0 Å². The van der Waals surface area contributed by atoms with Gasteiger partial charge in [-0.05, 0) is 53.9 Å². The van der Waals surface area contributed by atoms with Gasteiger partial charge in [0, 0.05) is 17.1 Å². The molecule has 0 unspecified atom stereocenters. The number of nitrogens with zero attached hydrogens (tertiary/aromatic N) is 1. The van der Waals surface area contributed by atoms with E-state index in [1.807, 2.05) is 54.7 Å². The highest BCUT2D eigenvalue weighted by Crippen LogP contribution is 2.29. The van der Waals surface area contributed by atoms with Crippen molar-refractivity contribution in [2.24, 2.45) is 0 Å². The summed E-state index contributed by atoms with van der Waals surface area (Å²) in [6, 6.07) is 15.9. The highest BCUT2D eigenvalue weighted by Gasteiger charge is 2.06. The van der Waals surface area contributed by atoms with E-state index >= 15 is 0 Å². The Bertz CT molecular complexity index is 736. The Labute approximate surface area is 117 Å². The lowest BCUT2D eigenvalue weighted by atomic mass is 10.0. The van der Waals surface area contributed by atoms with E-state index in [-0.39, 0.29) is 0 Å². The maximum atomic E-state index is 5.26. The highest BCUT2D eigenvalue weighted by atomic mass is 16.5. The van der Waals surface area contributed by atoms with Gasteiger partial charge < -0.3 is 9.47 Å². The van der Waals surface area contributed by atoms with E-state index in [9.17, 15) is 0 Å². The van der Waals surface area contributed by atoms with Gasteiger partial charge in [-0.15, -0.1) is 0 Å². The second-order valence-electron chi connectivity index (χ2n) is 4.48. The lowest BCUT2D eigenvalue weighted by Gasteiger charge is -2.08. The molecular formula is C17H15NO2. The summed E-state index contributed by atoms with van der Waals surface area (Å²) in [6.07, 6.45) is 1.82. The van der Waals surface area contributed by atoms with E-state index in [2.05, 4.69) is 4.98 Å². The number of methoxy groups -OCH3 is 2. The average molecular weight is 265 g/mol. The standard InChI is InChI=1S/C17H15NO2/c1-19-14-5-3-12(4-6-14)17-16-8-7-15(20-2)11-13(16)9-10-18-17/h3-11H,1-2H3. The van der Waals surface area contributed by atoms with Gasteiger partial charge in [0.1, 0.15) is 11.5 Å². The Balaban J connectivity index is 2.14. The van der Waals surface area contributed by atoms with Crippen LogP contribution in [0.25, 0.3) is 22.0 Å². The van der Waals surface area contributed by atoms with Crippen LogP contribution in [0.2, 0.25) is 0 Å². The number of pyridine rings is 1. The number of aromatic nitrogens is 1. The molecule has 0 N–H and O–H groups in total. The molecule has 3 nitrogen and oxygen atoms in total. The van der Waals surface area contributed by atoms with Crippen LogP contribution in [0.5, 0.6) is 11.5 Å². The van der Waals surface area contributed by atoms with Gasteiger partial charge in [0.15, 0.2) is 0 Å². The first kappa shape index (κ1) is 12.5. The van der Waals surface area contributed by atoms with Gasteiger partial charge in [-0.2, -0.15) is 0 Å². The van der Waals surface area contributed by atoms with Gasteiger partial charge in [0.25, 0.3) is 0 Å². The van der Waals surface area contributed by atoms with E-state index in [1.165, 1.54) is 0 Å². The minimum Gasteiger partial charge on any atom is -0.497 e. The first-order valence-corrected chi connectivity index (χ1v) is 6.39. The first-order chi connectivity index (χ1) is 9.81. The molecule has 0 radical (unpaired) electrons. The van der Waals surface area contributed by atoms with Gasteiger partial charge >= 0.3 is 0 Å². The van der Waals surface area contributed by atoms with Crippen LogP contribution >= 0.6 is 0 Å². The Morgan fingerprint density at radius 1 is 0.800 bits per heavy atom. The van der Waals surface area contributed by atoms with E-state index in [0.717, 1.165) is 33.5 Å². The van der Waals surface area contributed by atoms with Gasteiger partial charge in [0.05, 0.1) is 19.9 Å². The zero-order valence-corrected chi connectivity index (χ0v) is 11.5. The zero-order chi connectivity index (χ0) is 13.9. The predicted octanol–water partition coefficient (Wildman–Crippen LogP) is 3.92. The molecule has 0 aliphatic carbocycles. The van der Waals surface area contributed by atoms with Crippen molar-refractivity contribution in [3.05, 3.63) is 54.7 Å². The fourth-order valence-corrected chi connectivity index (χ4v) is 2.26. The first-order valence-electron chi connectivity index (χ1n) is 6.39. The van der Waals surface area contributed by atoms with Crippen molar-refractivity contribution in [3.63, 3.8) is 0 Å². The van der Waals surface area contributed by atoms with E-state index < -0.39 is 0 Å². The van der Waals surface area contributed by atoms with Crippen molar-refractivity contribution < 1.29 is 9.47 Å². The smallest absolute Gasteiger partial charge is 0.119 e. The molecule has 1 heterocycles. The normalized spacial score (nSPS) is 10.5. The maximum absolute atomic E-state index is 5.26. The van der Waals surface area contributed by atoms with Gasteiger partial charge in [0.2, 0.25) is 0 Å². The highest BCUT2D eigenvalue weighted by molar-refractivity contribution is 5.95. The number of hydrogen-bond acceptors (Lipinski definition) is 3. The van der Waals surface area contributed by atoms with Crippen LogP contribution in [-0.2, 0) is 0 Å². The van der Waals surface area contributed by atoms with E-state index in [1.54, 1.807) is 14.2 Å². The molecule has 0 aliphatic rings. The van der Waals surface area contributed by atoms with Gasteiger partial charge in [-0.1, -0.05) is 0 Å². The molecule has 0 saturated carbocycles. The number of rotatable bonds is 3. The second kappa shape index (κ2) is 5.21. The molecular weight excluding hydrogens is 250 g/mol. The molecule has 0 saturated heterocycles. The van der Waals surface area contributed by atoms with Crippen molar-refractivity contribution in [1.29, 1.82) is 0 Å². The van der Waals surface area contributed by atoms with Gasteiger partial charge in [-0.3, -0.25) is 4.98 Å². The summed E-state index contributed by atoms with van der Waals surface area (Å²) in [4.78, 5) is 4.51. The maximum Gasteiger partial charge on any atom is 0.119 e. The Morgan fingerprint density at radius 2 is 1.50 bits per heavy atom. The van der Waals surface area contributed by atoms with E-state index in [4.69, 9.17) is 9.47 Å². The van der Waals surface area contributed by atoms with Gasteiger partial charge in [-0.25, -0.2) is 0 Å². The molecule has 20 heavy (non-hydrogen) atoms. The summed E-state index contributed by atoms with van der Waals surface area (Å²) in [5.41, 5.74) is 2.04. The molecule has 0 spiro atoms.